The first-order valence-electron chi connectivity index (χ1n) is 9.77. The third-order valence-corrected chi connectivity index (χ3v) is 5.13. The van der Waals surface area contributed by atoms with E-state index in [4.69, 9.17) is 4.98 Å². The summed E-state index contributed by atoms with van der Waals surface area (Å²) < 4.78 is 14.9. The number of nitrogens with one attached hydrogen (secondary N) is 1. The molecule has 2 heterocycles. The zero-order valence-corrected chi connectivity index (χ0v) is 17.1. The molecule has 0 radical (unpaired) electrons. The largest absolute Gasteiger partial charge is 0.508 e. The van der Waals surface area contributed by atoms with Gasteiger partial charge in [-0.15, -0.1) is 0 Å². The highest BCUT2D eigenvalue weighted by atomic mass is 19.1. The van der Waals surface area contributed by atoms with Gasteiger partial charge in [0.15, 0.2) is 0 Å². The Morgan fingerprint density at radius 3 is 2.35 bits per heavy atom. The Kier molecular flexibility index (Phi) is 5.49. The van der Waals surface area contributed by atoms with Crippen molar-refractivity contribution in [1.29, 1.82) is 0 Å². The van der Waals surface area contributed by atoms with Crippen LogP contribution in [0.5, 0.6) is 5.75 Å². The number of hydrogen-bond donors (Lipinski definition) is 2. The maximum atomic E-state index is 13.5. The summed E-state index contributed by atoms with van der Waals surface area (Å²) in [4.78, 5) is 22.2. The number of pyridine rings is 1. The molecule has 4 aromatic rings. The van der Waals surface area contributed by atoms with E-state index >= 15 is 0 Å². The zero-order valence-electron chi connectivity index (χ0n) is 17.1. The summed E-state index contributed by atoms with van der Waals surface area (Å²) in [5, 5.41) is 13.4. The first kappa shape index (κ1) is 20.3. The summed E-state index contributed by atoms with van der Waals surface area (Å²) in [6.07, 6.45) is 3.25. The van der Waals surface area contributed by atoms with Crippen LogP contribution in [0.1, 0.15) is 18.5 Å². The Hall–Kier alpha value is -4.00. The molecule has 0 amide bonds. The van der Waals surface area contributed by atoms with E-state index < -0.39 is 0 Å². The fourth-order valence-corrected chi connectivity index (χ4v) is 3.45. The van der Waals surface area contributed by atoms with Gasteiger partial charge in [0.2, 0.25) is 5.95 Å². The average Bonchev–Trinajstić information content (AvgIpc) is 2.78. The van der Waals surface area contributed by atoms with Gasteiger partial charge in [0.1, 0.15) is 11.6 Å². The molecular weight excluding hydrogens is 395 g/mol. The number of halogens is 1. The van der Waals surface area contributed by atoms with E-state index in [1.165, 1.54) is 16.7 Å². The number of aromatic hydroxyl groups is 1. The van der Waals surface area contributed by atoms with Crippen molar-refractivity contribution in [2.45, 2.75) is 13.0 Å². The lowest BCUT2D eigenvalue weighted by molar-refractivity contribution is 0.465. The number of nitrogens with zero attached hydrogens (tertiary/aromatic N) is 3. The van der Waals surface area contributed by atoms with Crippen molar-refractivity contribution in [3.8, 4) is 28.1 Å². The lowest BCUT2D eigenvalue weighted by Gasteiger charge is -2.20. The molecule has 0 fully saturated rings. The highest BCUT2D eigenvalue weighted by Crippen LogP contribution is 2.30. The summed E-state index contributed by atoms with van der Waals surface area (Å²) >= 11 is 0. The van der Waals surface area contributed by atoms with Crippen LogP contribution in [0.25, 0.3) is 22.4 Å². The predicted molar refractivity (Wildman–Crippen MR) is 118 cm³/mol. The highest BCUT2D eigenvalue weighted by molar-refractivity contribution is 5.80. The fraction of sp³-hybridized carbons (Fsp3) is 0.125. The number of benzene rings is 2. The Bertz CT molecular complexity index is 1270. The Morgan fingerprint density at radius 1 is 1.00 bits per heavy atom. The van der Waals surface area contributed by atoms with Gasteiger partial charge in [-0.3, -0.25) is 14.3 Å². The number of phenolic OH excluding ortho intramolecular Hbond substituents is 1. The lowest BCUT2D eigenvalue weighted by Crippen LogP contribution is -2.25. The van der Waals surface area contributed by atoms with Crippen LogP contribution in [0.2, 0.25) is 0 Å². The molecule has 0 saturated carbocycles. The third-order valence-electron chi connectivity index (χ3n) is 5.13. The molecule has 0 aliphatic rings. The van der Waals surface area contributed by atoms with Crippen molar-refractivity contribution in [1.82, 2.24) is 14.5 Å². The fourth-order valence-electron chi connectivity index (χ4n) is 3.45. The maximum absolute atomic E-state index is 13.5. The van der Waals surface area contributed by atoms with Crippen LogP contribution < -0.4 is 10.9 Å². The quantitative estimate of drug-likeness (QED) is 0.500. The van der Waals surface area contributed by atoms with E-state index in [0.717, 1.165) is 0 Å². The first-order valence-corrected chi connectivity index (χ1v) is 9.77. The van der Waals surface area contributed by atoms with Gasteiger partial charge in [0.25, 0.3) is 5.56 Å². The molecule has 4 rings (SSSR count). The minimum atomic E-state index is -0.381. The molecule has 156 valence electrons. The second-order valence-electron chi connectivity index (χ2n) is 7.19. The van der Waals surface area contributed by atoms with Crippen LogP contribution >= 0.6 is 0 Å². The normalized spacial score (nSPS) is 11.8. The van der Waals surface area contributed by atoms with E-state index in [2.05, 4.69) is 10.3 Å². The molecule has 1 unspecified atom stereocenters. The minimum Gasteiger partial charge on any atom is -0.508 e. The highest BCUT2D eigenvalue weighted by Gasteiger charge is 2.20. The average molecular weight is 416 g/mol. The number of hydrogen-bond acceptors (Lipinski definition) is 5. The van der Waals surface area contributed by atoms with Crippen molar-refractivity contribution in [3.63, 3.8) is 0 Å². The molecule has 0 bridgehead atoms. The Balaban J connectivity index is 1.87. The van der Waals surface area contributed by atoms with Crippen molar-refractivity contribution in [3.05, 3.63) is 94.8 Å². The van der Waals surface area contributed by atoms with Crippen LogP contribution in [0.3, 0.4) is 0 Å². The topological polar surface area (TPSA) is 80.0 Å². The predicted octanol–water partition coefficient (Wildman–Crippen LogP) is 4.53. The Labute approximate surface area is 178 Å². The smallest absolute Gasteiger partial charge is 0.263 e. The van der Waals surface area contributed by atoms with Crippen molar-refractivity contribution >= 4 is 5.95 Å². The van der Waals surface area contributed by atoms with Crippen molar-refractivity contribution in [2.75, 3.05) is 5.32 Å². The summed E-state index contributed by atoms with van der Waals surface area (Å²) in [5.74, 6) is 0.122. The lowest BCUT2D eigenvalue weighted by atomic mass is 10.0. The van der Waals surface area contributed by atoms with Crippen LogP contribution in [0.4, 0.5) is 10.3 Å². The molecule has 7 heteroatoms. The van der Waals surface area contributed by atoms with Crippen LogP contribution in [-0.2, 0) is 7.05 Å². The van der Waals surface area contributed by atoms with Crippen LogP contribution in [0.15, 0.2) is 77.9 Å². The number of para-hydroxylation sites is 1. The SMILES string of the molecule is CC(Nc1nc(-c2ccncc2)c(-c2ccc(F)cc2)c(=O)n1C)c1ccccc1O. The molecule has 0 saturated heterocycles. The maximum Gasteiger partial charge on any atom is 0.263 e. The molecule has 1 atom stereocenters. The third kappa shape index (κ3) is 4.02. The van der Waals surface area contributed by atoms with Gasteiger partial charge in [-0.1, -0.05) is 30.3 Å². The summed E-state index contributed by atoms with van der Waals surface area (Å²) in [7, 11) is 1.62. The second kappa shape index (κ2) is 8.39. The van der Waals surface area contributed by atoms with Gasteiger partial charge in [-0.25, -0.2) is 9.37 Å². The molecule has 2 aromatic carbocycles. The van der Waals surface area contributed by atoms with Crippen LogP contribution in [-0.4, -0.2) is 19.6 Å². The van der Waals surface area contributed by atoms with Crippen molar-refractivity contribution in [2.24, 2.45) is 7.05 Å². The van der Waals surface area contributed by atoms with Gasteiger partial charge in [-0.2, -0.15) is 0 Å². The van der Waals surface area contributed by atoms with Crippen molar-refractivity contribution < 1.29 is 9.50 Å². The number of phenols is 1. The van der Waals surface area contributed by atoms with Crippen LogP contribution in [0, 0.1) is 5.82 Å². The molecule has 6 nitrogen and oxygen atoms in total. The molecular formula is C24H21FN4O2. The minimum absolute atomic E-state index is 0.157. The molecule has 2 N–H and O–H groups in total. The monoisotopic (exact) mass is 416 g/mol. The summed E-state index contributed by atoms with van der Waals surface area (Å²) in [6.45, 7) is 1.88. The van der Waals surface area contributed by atoms with Gasteiger partial charge >= 0.3 is 0 Å². The van der Waals surface area contributed by atoms with E-state index in [-0.39, 0.29) is 23.2 Å². The zero-order chi connectivity index (χ0) is 22.0. The summed E-state index contributed by atoms with van der Waals surface area (Å²) in [5.41, 5.74) is 2.52. The van der Waals surface area contributed by atoms with E-state index in [9.17, 15) is 14.3 Å². The van der Waals surface area contributed by atoms with Gasteiger partial charge in [0.05, 0.1) is 17.3 Å². The molecule has 2 aromatic heterocycles. The number of anilines is 1. The number of rotatable bonds is 5. The van der Waals surface area contributed by atoms with Gasteiger partial charge in [-0.05, 0) is 42.8 Å². The summed E-state index contributed by atoms with van der Waals surface area (Å²) in [6, 6.07) is 16.0. The van der Waals surface area contributed by atoms with E-state index in [1.807, 2.05) is 19.1 Å². The number of aromatic nitrogens is 3. The second-order valence-corrected chi connectivity index (χ2v) is 7.19. The van der Waals surface area contributed by atoms with Gasteiger partial charge < -0.3 is 10.4 Å². The molecule has 0 aliphatic carbocycles. The Morgan fingerprint density at radius 2 is 1.68 bits per heavy atom. The standard InChI is InChI=1S/C24H21FN4O2/c1-15(19-5-3-4-6-20(19)30)27-24-28-22(17-11-13-26-14-12-17)21(23(31)29(24)2)16-7-9-18(25)10-8-16/h3-15,30H,1-2H3,(H,27,28). The molecule has 31 heavy (non-hydrogen) atoms. The first-order chi connectivity index (χ1) is 15.0. The van der Waals surface area contributed by atoms with E-state index in [1.54, 1.807) is 55.8 Å². The molecule has 0 aliphatic heterocycles. The van der Waals surface area contributed by atoms with Gasteiger partial charge in [0, 0.05) is 30.6 Å². The van der Waals surface area contributed by atoms with E-state index in [0.29, 0.717) is 33.9 Å². The molecule has 0 spiro atoms.